The van der Waals surface area contributed by atoms with Crippen molar-refractivity contribution in [2.24, 2.45) is 0 Å². The lowest BCUT2D eigenvalue weighted by molar-refractivity contribution is 0.288. The summed E-state index contributed by atoms with van der Waals surface area (Å²) in [6.45, 7) is 0.312. The molecular formula is C26H22ClFN6O2. The van der Waals surface area contributed by atoms with E-state index in [-0.39, 0.29) is 19.0 Å². The van der Waals surface area contributed by atoms with Gasteiger partial charge in [-0.2, -0.15) is 0 Å². The van der Waals surface area contributed by atoms with Crippen molar-refractivity contribution in [3.63, 3.8) is 0 Å². The van der Waals surface area contributed by atoms with Gasteiger partial charge < -0.3 is 15.2 Å². The van der Waals surface area contributed by atoms with Crippen molar-refractivity contribution in [2.45, 2.75) is 19.4 Å². The Bertz CT molecular complexity index is 1510. The number of aliphatic hydroxyl groups is 1. The average molecular weight is 505 g/mol. The molecule has 0 saturated carbocycles. The highest BCUT2D eigenvalue weighted by atomic mass is 35.5. The topological polar surface area (TPSA) is 98.0 Å². The first kappa shape index (κ1) is 23.7. The van der Waals surface area contributed by atoms with Crippen LogP contribution in [-0.4, -0.2) is 36.7 Å². The molecule has 5 rings (SSSR count). The average Bonchev–Trinajstić information content (AvgIpc) is 3.36. The van der Waals surface area contributed by atoms with Crippen LogP contribution in [0.25, 0.3) is 16.6 Å². The van der Waals surface area contributed by atoms with Gasteiger partial charge in [0.25, 0.3) is 0 Å². The van der Waals surface area contributed by atoms with Gasteiger partial charge in [-0.25, -0.2) is 19.0 Å². The van der Waals surface area contributed by atoms with Crippen LogP contribution in [0.15, 0.2) is 73.2 Å². The number of nitrogens with zero attached hydrogens (tertiary/aromatic N) is 5. The molecule has 0 saturated heterocycles. The van der Waals surface area contributed by atoms with Crippen molar-refractivity contribution in [3.8, 4) is 11.4 Å². The summed E-state index contributed by atoms with van der Waals surface area (Å²) in [6, 6.07) is 17.3. The van der Waals surface area contributed by atoms with Crippen molar-refractivity contribution in [3.05, 3.63) is 95.3 Å². The van der Waals surface area contributed by atoms with Crippen LogP contribution < -0.4 is 10.1 Å². The second-order valence-electron chi connectivity index (χ2n) is 8.09. The van der Waals surface area contributed by atoms with Crippen molar-refractivity contribution in [1.29, 1.82) is 0 Å². The van der Waals surface area contributed by atoms with Crippen LogP contribution >= 0.6 is 11.6 Å². The lowest BCUT2D eigenvalue weighted by atomic mass is 10.2. The summed E-state index contributed by atoms with van der Waals surface area (Å²) in [4.78, 5) is 8.77. The highest BCUT2D eigenvalue weighted by molar-refractivity contribution is 6.32. The molecule has 0 radical (unpaired) electrons. The number of fused-ring (bicyclic) bond motifs is 1. The minimum absolute atomic E-state index is 0.110. The molecule has 0 amide bonds. The number of ether oxygens (including phenoxy) is 1. The molecule has 5 aromatic rings. The van der Waals surface area contributed by atoms with Gasteiger partial charge >= 0.3 is 0 Å². The highest BCUT2D eigenvalue weighted by Crippen LogP contribution is 2.31. The fourth-order valence-corrected chi connectivity index (χ4v) is 3.94. The van der Waals surface area contributed by atoms with Crippen LogP contribution in [-0.2, 0) is 13.0 Å². The van der Waals surface area contributed by atoms with E-state index in [4.69, 9.17) is 21.4 Å². The molecule has 2 N–H and O–H groups in total. The Morgan fingerprint density at radius 3 is 2.81 bits per heavy atom. The van der Waals surface area contributed by atoms with Gasteiger partial charge in [-0.15, -0.1) is 5.10 Å². The van der Waals surface area contributed by atoms with E-state index in [9.17, 15) is 4.39 Å². The third kappa shape index (κ3) is 5.42. The van der Waals surface area contributed by atoms with Gasteiger partial charge in [0.1, 0.15) is 30.3 Å². The first-order valence-corrected chi connectivity index (χ1v) is 11.7. The Morgan fingerprint density at radius 1 is 1.06 bits per heavy atom. The molecule has 10 heteroatoms. The molecule has 8 nitrogen and oxygen atoms in total. The lowest BCUT2D eigenvalue weighted by Gasteiger charge is -2.12. The number of benzene rings is 3. The van der Waals surface area contributed by atoms with Gasteiger partial charge in [-0.3, -0.25) is 0 Å². The number of aromatic nitrogens is 5. The van der Waals surface area contributed by atoms with E-state index < -0.39 is 0 Å². The van der Waals surface area contributed by atoms with Gasteiger partial charge in [0.2, 0.25) is 0 Å². The number of hydrogen-bond donors (Lipinski definition) is 2. The molecule has 0 fully saturated rings. The van der Waals surface area contributed by atoms with E-state index in [0.717, 1.165) is 28.0 Å². The van der Waals surface area contributed by atoms with E-state index in [1.807, 2.05) is 30.5 Å². The zero-order valence-electron chi connectivity index (χ0n) is 19.1. The summed E-state index contributed by atoms with van der Waals surface area (Å²) >= 11 is 6.45. The summed E-state index contributed by atoms with van der Waals surface area (Å²) < 4.78 is 20.8. The van der Waals surface area contributed by atoms with Gasteiger partial charge in [0.15, 0.2) is 0 Å². The monoisotopic (exact) mass is 504 g/mol. The van der Waals surface area contributed by atoms with Crippen LogP contribution in [0.4, 0.5) is 15.9 Å². The molecular weight excluding hydrogens is 483 g/mol. The van der Waals surface area contributed by atoms with Crippen molar-refractivity contribution in [2.75, 3.05) is 11.9 Å². The number of rotatable bonds is 9. The third-order valence-electron chi connectivity index (χ3n) is 5.49. The number of nitrogens with one attached hydrogen (secondary N) is 1. The van der Waals surface area contributed by atoms with Crippen LogP contribution in [0.2, 0.25) is 5.02 Å². The Hall–Kier alpha value is -4.08. The first-order valence-electron chi connectivity index (χ1n) is 11.3. The zero-order valence-corrected chi connectivity index (χ0v) is 19.9. The van der Waals surface area contributed by atoms with E-state index in [2.05, 4.69) is 25.6 Å². The summed E-state index contributed by atoms with van der Waals surface area (Å²) in [5, 5.41) is 21.9. The molecule has 182 valence electrons. The van der Waals surface area contributed by atoms with Gasteiger partial charge in [0.05, 0.1) is 28.1 Å². The minimum Gasteiger partial charge on any atom is -0.487 e. The Kier molecular flexibility index (Phi) is 7.01. The first-order chi connectivity index (χ1) is 17.6. The standard InChI is InChI=1S/C26H22ClFN6O2/c27-23-12-19(6-9-25(23)36-15-17-3-1-4-18(28)11-17)31-26-22-13-21(7-8-24(22)29-16-30-26)34-14-20(32-33-34)5-2-10-35/h1,3-4,6-9,11-14,16,35H,2,5,10,15H2,(H,29,30,31). The number of aryl methyl sites for hydroxylation is 1. The van der Waals surface area contributed by atoms with Crippen molar-refractivity contribution < 1.29 is 14.2 Å². The largest absolute Gasteiger partial charge is 0.487 e. The lowest BCUT2D eigenvalue weighted by Crippen LogP contribution is -2.00. The molecule has 0 aliphatic heterocycles. The molecule has 0 aliphatic carbocycles. The molecule has 3 aromatic carbocycles. The molecule has 0 spiro atoms. The van der Waals surface area contributed by atoms with E-state index in [1.54, 1.807) is 28.9 Å². The molecule has 36 heavy (non-hydrogen) atoms. The second-order valence-corrected chi connectivity index (χ2v) is 8.50. The Balaban J connectivity index is 1.35. The summed E-state index contributed by atoms with van der Waals surface area (Å²) in [6.07, 6.45) is 4.62. The number of anilines is 2. The predicted octanol–water partition coefficient (Wildman–Crippen LogP) is 5.25. The molecule has 2 heterocycles. The smallest absolute Gasteiger partial charge is 0.141 e. The normalized spacial score (nSPS) is 11.1. The van der Waals surface area contributed by atoms with Crippen LogP contribution in [0, 0.1) is 5.82 Å². The summed E-state index contributed by atoms with van der Waals surface area (Å²) in [5.74, 6) is 0.782. The molecule has 0 atom stereocenters. The third-order valence-corrected chi connectivity index (χ3v) is 5.79. The number of aliphatic hydroxyl groups excluding tert-OH is 1. The maximum Gasteiger partial charge on any atom is 0.141 e. The number of hydrogen-bond acceptors (Lipinski definition) is 7. The SMILES string of the molecule is OCCCc1cn(-c2ccc3ncnc(Nc4ccc(OCc5cccc(F)c5)c(Cl)c4)c3c2)nn1. The minimum atomic E-state index is -0.312. The van der Waals surface area contributed by atoms with Crippen LogP contribution in [0.1, 0.15) is 17.7 Å². The quantitative estimate of drug-likeness (QED) is 0.283. The van der Waals surface area contributed by atoms with Crippen molar-refractivity contribution >= 4 is 34.0 Å². The van der Waals surface area contributed by atoms with Crippen molar-refractivity contribution in [1.82, 2.24) is 25.0 Å². The predicted molar refractivity (Wildman–Crippen MR) is 135 cm³/mol. The van der Waals surface area contributed by atoms with Gasteiger partial charge in [0, 0.05) is 17.7 Å². The van der Waals surface area contributed by atoms with Crippen LogP contribution in [0.3, 0.4) is 0 Å². The molecule has 0 aliphatic rings. The maximum absolute atomic E-state index is 13.4. The fraction of sp³-hybridized carbons (Fsp3) is 0.154. The summed E-state index contributed by atoms with van der Waals surface area (Å²) in [5.41, 5.74) is 3.81. The number of halogens is 2. The van der Waals surface area contributed by atoms with E-state index in [1.165, 1.54) is 18.5 Å². The Labute approximate surface area is 211 Å². The van der Waals surface area contributed by atoms with Gasteiger partial charge in [-0.05, 0) is 66.9 Å². The maximum atomic E-state index is 13.4. The summed E-state index contributed by atoms with van der Waals surface area (Å²) in [7, 11) is 0. The molecule has 0 unspecified atom stereocenters. The van der Waals surface area contributed by atoms with E-state index in [0.29, 0.717) is 35.0 Å². The molecule has 2 aromatic heterocycles. The zero-order chi connectivity index (χ0) is 24.9. The van der Waals surface area contributed by atoms with E-state index >= 15 is 0 Å². The fourth-order valence-electron chi connectivity index (χ4n) is 3.71. The highest BCUT2D eigenvalue weighted by Gasteiger charge is 2.10. The second kappa shape index (κ2) is 10.7. The van der Waals surface area contributed by atoms with Gasteiger partial charge in [-0.1, -0.05) is 28.9 Å². The Morgan fingerprint density at radius 2 is 1.97 bits per heavy atom. The van der Waals surface area contributed by atoms with Crippen LogP contribution in [0.5, 0.6) is 5.75 Å². The molecule has 0 bridgehead atoms.